The van der Waals surface area contributed by atoms with Crippen molar-refractivity contribution in [1.82, 2.24) is 0 Å². The van der Waals surface area contributed by atoms with Crippen molar-refractivity contribution in [1.29, 1.82) is 0 Å². The highest BCUT2D eigenvalue weighted by Crippen LogP contribution is 2.28. The van der Waals surface area contributed by atoms with Crippen LogP contribution in [0.15, 0.2) is 36.4 Å². The second kappa shape index (κ2) is 6.31. The topological polar surface area (TPSA) is 58.6 Å². The van der Waals surface area contributed by atoms with E-state index in [0.717, 1.165) is 22.4 Å². The summed E-state index contributed by atoms with van der Waals surface area (Å²) in [6, 6.07) is 11.1. The van der Waals surface area contributed by atoms with Gasteiger partial charge in [0.2, 0.25) is 0 Å². The van der Waals surface area contributed by atoms with E-state index < -0.39 is 0 Å². The van der Waals surface area contributed by atoms with Crippen molar-refractivity contribution in [3.8, 4) is 5.75 Å². The Labute approximate surface area is 124 Å². The van der Waals surface area contributed by atoms with Gasteiger partial charge >= 0.3 is 5.97 Å². The molecular formula is C17H19NO3. The molecule has 2 aromatic carbocycles. The predicted molar refractivity (Wildman–Crippen MR) is 82.7 cm³/mol. The Balaban J connectivity index is 2.07. The van der Waals surface area contributed by atoms with E-state index in [1.165, 1.54) is 7.11 Å². The number of carbonyl (C=O) groups is 1. The van der Waals surface area contributed by atoms with Crippen molar-refractivity contribution in [2.24, 2.45) is 0 Å². The lowest BCUT2D eigenvalue weighted by Gasteiger charge is -2.12. The molecule has 0 aliphatic heterocycles. The lowest BCUT2D eigenvalue weighted by Crippen LogP contribution is -2.04. The summed E-state index contributed by atoms with van der Waals surface area (Å²) in [5.74, 6) is -0.0187. The van der Waals surface area contributed by atoms with E-state index in [2.05, 4.69) is 10.1 Å². The quantitative estimate of drug-likeness (QED) is 0.845. The van der Waals surface area contributed by atoms with E-state index in [9.17, 15) is 9.90 Å². The van der Waals surface area contributed by atoms with Gasteiger partial charge in [-0.05, 0) is 43.2 Å². The van der Waals surface area contributed by atoms with Gasteiger partial charge < -0.3 is 15.2 Å². The summed E-state index contributed by atoms with van der Waals surface area (Å²) in [5, 5.41) is 13.2. The molecule has 2 N–H and O–H groups in total. The molecule has 0 saturated carbocycles. The van der Waals surface area contributed by atoms with E-state index in [0.29, 0.717) is 17.9 Å². The number of rotatable bonds is 4. The molecule has 21 heavy (non-hydrogen) atoms. The van der Waals surface area contributed by atoms with Crippen LogP contribution in [0.1, 0.15) is 27.0 Å². The Hall–Kier alpha value is -2.49. The van der Waals surface area contributed by atoms with Gasteiger partial charge in [0, 0.05) is 17.8 Å². The number of esters is 1. The molecule has 2 aromatic rings. The minimum absolute atomic E-state index is 0.320. The van der Waals surface area contributed by atoms with Gasteiger partial charge in [-0.3, -0.25) is 0 Å². The van der Waals surface area contributed by atoms with Crippen LogP contribution in [-0.2, 0) is 11.3 Å². The number of aromatic hydroxyl groups is 1. The van der Waals surface area contributed by atoms with Gasteiger partial charge in [0.1, 0.15) is 5.75 Å². The van der Waals surface area contributed by atoms with E-state index in [1.807, 2.05) is 38.1 Å². The van der Waals surface area contributed by atoms with Gasteiger partial charge in [0.15, 0.2) is 0 Å². The zero-order valence-corrected chi connectivity index (χ0v) is 12.4. The Bertz CT molecular complexity index is 648. The fourth-order valence-corrected chi connectivity index (χ4v) is 2.10. The van der Waals surface area contributed by atoms with Gasteiger partial charge in [-0.1, -0.05) is 18.2 Å². The third-order valence-electron chi connectivity index (χ3n) is 3.49. The van der Waals surface area contributed by atoms with Crippen LogP contribution in [0.4, 0.5) is 5.69 Å². The number of phenols is 1. The molecule has 2 rings (SSSR count). The summed E-state index contributed by atoms with van der Waals surface area (Å²) in [6.07, 6.45) is 0. The van der Waals surface area contributed by atoms with Gasteiger partial charge in [-0.15, -0.1) is 0 Å². The largest absolute Gasteiger partial charge is 0.507 e. The van der Waals surface area contributed by atoms with E-state index in [-0.39, 0.29) is 5.97 Å². The lowest BCUT2D eigenvalue weighted by molar-refractivity contribution is 0.0600. The van der Waals surface area contributed by atoms with Crippen molar-refractivity contribution >= 4 is 11.7 Å². The van der Waals surface area contributed by atoms with Crippen LogP contribution in [-0.4, -0.2) is 18.2 Å². The molecule has 0 atom stereocenters. The third-order valence-corrected chi connectivity index (χ3v) is 3.49. The molecule has 0 unspecified atom stereocenters. The van der Waals surface area contributed by atoms with E-state index >= 15 is 0 Å². The zero-order chi connectivity index (χ0) is 15.4. The molecule has 0 bridgehead atoms. The van der Waals surface area contributed by atoms with Gasteiger partial charge in [0.05, 0.1) is 12.7 Å². The summed E-state index contributed by atoms with van der Waals surface area (Å²) in [7, 11) is 1.37. The molecule has 110 valence electrons. The summed E-state index contributed by atoms with van der Waals surface area (Å²) in [4.78, 5) is 11.4. The third kappa shape index (κ3) is 3.34. The second-order valence-electron chi connectivity index (χ2n) is 4.95. The fraction of sp³-hybridized carbons (Fsp3) is 0.235. The minimum atomic E-state index is -0.339. The lowest BCUT2D eigenvalue weighted by atomic mass is 10.1. The number of anilines is 1. The Kier molecular flexibility index (Phi) is 4.48. The van der Waals surface area contributed by atoms with Crippen molar-refractivity contribution in [3.63, 3.8) is 0 Å². The van der Waals surface area contributed by atoms with Crippen LogP contribution in [0.3, 0.4) is 0 Å². The Morgan fingerprint density at radius 1 is 1.14 bits per heavy atom. The maximum absolute atomic E-state index is 11.4. The number of hydrogen-bond donors (Lipinski definition) is 2. The molecule has 4 nitrogen and oxygen atoms in total. The molecular weight excluding hydrogens is 266 g/mol. The first kappa shape index (κ1) is 14.9. The predicted octanol–water partition coefficient (Wildman–Crippen LogP) is 3.41. The molecule has 4 heteroatoms. The SMILES string of the molecule is COC(=O)c1ccc(CNc2ccc(C)c(O)c2C)cc1. The Morgan fingerprint density at radius 2 is 1.81 bits per heavy atom. The Morgan fingerprint density at radius 3 is 2.43 bits per heavy atom. The minimum Gasteiger partial charge on any atom is -0.507 e. The van der Waals surface area contributed by atoms with Crippen LogP contribution in [0, 0.1) is 13.8 Å². The highest BCUT2D eigenvalue weighted by atomic mass is 16.5. The number of carbonyl (C=O) groups excluding carboxylic acids is 1. The van der Waals surface area contributed by atoms with E-state index in [4.69, 9.17) is 0 Å². The molecule has 0 fully saturated rings. The second-order valence-corrected chi connectivity index (χ2v) is 4.95. The molecule has 0 spiro atoms. The summed E-state index contributed by atoms with van der Waals surface area (Å²) in [5.41, 5.74) is 4.17. The normalized spacial score (nSPS) is 10.2. The van der Waals surface area contributed by atoms with Crippen LogP contribution >= 0.6 is 0 Å². The maximum atomic E-state index is 11.4. The number of nitrogens with one attached hydrogen (secondary N) is 1. The van der Waals surface area contributed by atoms with Crippen molar-refractivity contribution < 1.29 is 14.6 Å². The highest BCUT2D eigenvalue weighted by Gasteiger charge is 2.07. The van der Waals surface area contributed by atoms with Crippen LogP contribution < -0.4 is 5.32 Å². The summed E-state index contributed by atoms with van der Waals surface area (Å²) >= 11 is 0. The van der Waals surface area contributed by atoms with E-state index in [1.54, 1.807) is 12.1 Å². The van der Waals surface area contributed by atoms with Crippen molar-refractivity contribution in [2.75, 3.05) is 12.4 Å². The number of methoxy groups -OCH3 is 1. The first-order valence-electron chi connectivity index (χ1n) is 6.73. The van der Waals surface area contributed by atoms with Gasteiger partial charge in [-0.25, -0.2) is 4.79 Å². The first-order valence-corrected chi connectivity index (χ1v) is 6.73. The summed E-state index contributed by atoms with van der Waals surface area (Å²) in [6.45, 7) is 4.37. The average Bonchev–Trinajstić information content (AvgIpc) is 2.52. The van der Waals surface area contributed by atoms with Crippen LogP contribution in [0.5, 0.6) is 5.75 Å². The number of hydrogen-bond acceptors (Lipinski definition) is 4. The molecule has 0 radical (unpaired) electrons. The molecule has 0 heterocycles. The molecule has 0 saturated heterocycles. The van der Waals surface area contributed by atoms with Crippen LogP contribution in [0.25, 0.3) is 0 Å². The van der Waals surface area contributed by atoms with Gasteiger partial charge in [-0.2, -0.15) is 0 Å². The highest BCUT2D eigenvalue weighted by molar-refractivity contribution is 5.89. The average molecular weight is 285 g/mol. The summed E-state index contributed by atoms with van der Waals surface area (Å²) < 4.78 is 4.66. The van der Waals surface area contributed by atoms with Crippen molar-refractivity contribution in [3.05, 3.63) is 58.7 Å². The number of benzene rings is 2. The van der Waals surface area contributed by atoms with Crippen LogP contribution in [0.2, 0.25) is 0 Å². The smallest absolute Gasteiger partial charge is 0.337 e. The maximum Gasteiger partial charge on any atom is 0.337 e. The molecule has 0 aliphatic rings. The number of ether oxygens (including phenoxy) is 1. The number of aryl methyl sites for hydroxylation is 1. The first-order chi connectivity index (χ1) is 10.0. The number of phenolic OH excluding ortho intramolecular Hbond substituents is 1. The fourth-order valence-electron chi connectivity index (χ4n) is 2.10. The molecule has 0 aromatic heterocycles. The molecule has 0 amide bonds. The van der Waals surface area contributed by atoms with Crippen molar-refractivity contribution in [2.45, 2.75) is 20.4 Å². The van der Waals surface area contributed by atoms with Gasteiger partial charge in [0.25, 0.3) is 0 Å². The monoisotopic (exact) mass is 285 g/mol. The molecule has 0 aliphatic carbocycles. The zero-order valence-electron chi connectivity index (χ0n) is 12.4. The standard InChI is InChI=1S/C17H19NO3/c1-11-4-9-15(12(2)16(11)19)18-10-13-5-7-14(8-6-13)17(20)21-3/h4-9,18-19H,10H2,1-3H3.